The summed E-state index contributed by atoms with van der Waals surface area (Å²) < 4.78 is 5.39. The van der Waals surface area contributed by atoms with Gasteiger partial charge < -0.3 is 14.7 Å². The molecule has 1 aromatic heterocycles. The number of carbonyl (C=O) groups is 1. The second kappa shape index (κ2) is 5.65. The van der Waals surface area contributed by atoms with Crippen molar-refractivity contribution in [3.63, 3.8) is 0 Å². The third-order valence-corrected chi connectivity index (χ3v) is 3.94. The van der Waals surface area contributed by atoms with Crippen LogP contribution in [0.2, 0.25) is 0 Å². The van der Waals surface area contributed by atoms with E-state index in [9.17, 15) is 9.90 Å². The van der Waals surface area contributed by atoms with Crippen molar-refractivity contribution in [2.75, 3.05) is 24.7 Å². The molecule has 1 aliphatic heterocycles. The number of hydrogen-bond donors (Lipinski definition) is 1. The van der Waals surface area contributed by atoms with Gasteiger partial charge in [-0.05, 0) is 13.0 Å². The fourth-order valence-corrected chi connectivity index (χ4v) is 2.89. The maximum absolute atomic E-state index is 11.4. The quantitative estimate of drug-likeness (QED) is 0.919. The first kappa shape index (κ1) is 13.8. The number of anilines is 1. The van der Waals surface area contributed by atoms with Gasteiger partial charge in [-0.15, -0.1) is 0 Å². The van der Waals surface area contributed by atoms with Gasteiger partial charge in [-0.3, -0.25) is 4.79 Å². The Balaban J connectivity index is 2.04. The Labute approximate surface area is 122 Å². The molecule has 2 heterocycles. The van der Waals surface area contributed by atoms with Crippen molar-refractivity contribution in [1.82, 2.24) is 10.2 Å². The van der Waals surface area contributed by atoms with Crippen molar-refractivity contribution in [3.8, 4) is 0 Å². The van der Waals surface area contributed by atoms with Crippen molar-refractivity contribution in [1.29, 1.82) is 0 Å². The van der Waals surface area contributed by atoms with Gasteiger partial charge >= 0.3 is 5.97 Å². The molecule has 1 aromatic carbocycles. The SMILES string of the molecule is CCN(c1cnnc2ccccc12)C1COCC1C(=O)O. The highest BCUT2D eigenvalue weighted by Crippen LogP contribution is 2.30. The highest BCUT2D eigenvalue weighted by Gasteiger charge is 2.38. The van der Waals surface area contributed by atoms with Crippen LogP contribution in [0.3, 0.4) is 0 Å². The van der Waals surface area contributed by atoms with Crippen LogP contribution in [0, 0.1) is 5.92 Å². The number of rotatable bonds is 4. The zero-order chi connectivity index (χ0) is 14.8. The van der Waals surface area contributed by atoms with Gasteiger partial charge in [0.15, 0.2) is 0 Å². The van der Waals surface area contributed by atoms with E-state index in [1.165, 1.54) is 0 Å². The van der Waals surface area contributed by atoms with Crippen LogP contribution in [0.4, 0.5) is 5.69 Å². The standard InChI is InChI=1S/C15H17N3O3/c1-2-18(14-9-21-8-11(14)15(19)20)13-7-16-17-12-6-4-3-5-10(12)13/h3-7,11,14H,2,8-9H2,1H3,(H,19,20). The first-order valence-electron chi connectivity index (χ1n) is 7.00. The Bertz CT molecular complexity index is 656. The number of ether oxygens (including phenoxy) is 1. The Kier molecular flexibility index (Phi) is 3.70. The summed E-state index contributed by atoms with van der Waals surface area (Å²) in [4.78, 5) is 13.5. The van der Waals surface area contributed by atoms with E-state index < -0.39 is 11.9 Å². The smallest absolute Gasteiger partial charge is 0.311 e. The molecule has 2 unspecified atom stereocenters. The topological polar surface area (TPSA) is 75.5 Å². The lowest BCUT2D eigenvalue weighted by Crippen LogP contribution is -2.43. The Hall–Kier alpha value is -2.21. The highest BCUT2D eigenvalue weighted by atomic mass is 16.5. The number of carboxylic acids is 1. The van der Waals surface area contributed by atoms with Crippen LogP contribution in [0.5, 0.6) is 0 Å². The molecule has 0 saturated carbocycles. The minimum atomic E-state index is -0.817. The number of nitrogens with zero attached hydrogens (tertiary/aromatic N) is 3. The molecule has 6 heteroatoms. The zero-order valence-electron chi connectivity index (χ0n) is 11.8. The van der Waals surface area contributed by atoms with Gasteiger partial charge in [0.1, 0.15) is 5.92 Å². The van der Waals surface area contributed by atoms with Crippen LogP contribution in [0.1, 0.15) is 6.92 Å². The lowest BCUT2D eigenvalue weighted by atomic mass is 10.0. The fraction of sp³-hybridized carbons (Fsp3) is 0.400. The van der Waals surface area contributed by atoms with Crippen LogP contribution in [0.15, 0.2) is 30.5 Å². The second-order valence-electron chi connectivity index (χ2n) is 5.08. The van der Waals surface area contributed by atoms with Gasteiger partial charge in [0, 0.05) is 11.9 Å². The van der Waals surface area contributed by atoms with E-state index in [1.54, 1.807) is 6.20 Å². The normalized spacial score (nSPS) is 21.6. The van der Waals surface area contributed by atoms with E-state index >= 15 is 0 Å². The van der Waals surface area contributed by atoms with Gasteiger partial charge in [-0.2, -0.15) is 10.2 Å². The van der Waals surface area contributed by atoms with Crippen molar-refractivity contribution in [3.05, 3.63) is 30.5 Å². The average molecular weight is 287 g/mol. The Morgan fingerprint density at radius 1 is 1.43 bits per heavy atom. The van der Waals surface area contributed by atoms with Crippen molar-refractivity contribution < 1.29 is 14.6 Å². The van der Waals surface area contributed by atoms with Crippen LogP contribution in [-0.2, 0) is 9.53 Å². The van der Waals surface area contributed by atoms with E-state index in [2.05, 4.69) is 15.1 Å². The summed E-state index contributed by atoms with van der Waals surface area (Å²) in [6.07, 6.45) is 1.70. The van der Waals surface area contributed by atoms with Gasteiger partial charge in [0.05, 0.1) is 36.7 Å². The van der Waals surface area contributed by atoms with E-state index in [-0.39, 0.29) is 12.6 Å². The summed E-state index contributed by atoms with van der Waals surface area (Å²) in [5.41, 5.74) is 1.71. The van der Waals surface area contributed by atoms with Crippen LogP contribution < -0.4 is 4.90 Å². The molecule has 1 saturated heterocycles. The lowest BCUT2D eigenvalue weighted by Gasteiger charge is -2.31. The second-order valence-corrected chi connectivity index (χ2v) is 5.08. The molecule has 2 atom stereocenters. The molecule has 1 fully saturated rings. The number of fused-ring (bicyclic) bond motifs is 1. The Morgan fingerprint density at radius 2 is 2.24 bits per heavy atom. The summed E-state index contributed by atoms with van der Waals surface area (Å²) in [6.45, 7) is 3.37. The lowest BCUT2D eigenvalue weighted by molar-refractivity contribution is -0.141. The molecule has 110 valence electrons. The summed E-state index contributed by atoms with van der Waals surface area (Å²) in [5, 5.41) is 18.5. The molecule has 3 rings (SSSR count). The van der Waals surface area contributed by atoms with Crippen LogP contribution in [-0.4, -0.2) is 47.1 Å². The zero-order valence-corrected chi connectivity index (χ0v) is 11.8. The first-order valence-corrected chi connectivity index (χ1v) is 7.00. The first-order chi connectivity index (χ1) is 10.2. The predicted molar refractivity (Wildman–Crippen MR) is 78.3 cm³/mol. The molecule has 6 nitrogen and oxygen atoms in total. The van der Waals surface area contributed by atoms with Crippen molar-refractivity contribution >= 4 is 22.6 Å². The van der Waals surface area contributed by atoms with Crippen LogP contribution in [0.25, 0.3) is 10.9 Å². The van der Waals surface area contributed by atoms with Crippen molar-refractivity contribution in [2.45, 2.75) is 13.0 Å². The molecule has 0 aliphatic carbocycles. The van der Waals surface area contributed by atoms with E-state index in [0.29, 0.717) is 13.2 Å². The largest absolute Gasteiger partial charge is 0.481 e. The minimum Gasteiger partial charge on any atom is -0.481 e. The van der Waals surface area contributed by atoms with Gasteiger partial charge in [0.25, 0.3) is 0 Å². The number of hydrogen-bond acceptors (Lipinski definition) is 5. The predicted octanol–water partition coefficient (Wildman–Crippen LogP) is 1.56. The van der Waals surface area contributed by atoms with Gasteiger partial charge in [-0.1, -0.05) is 18.2 Å². The number of carboxylic acid groups (broad SMARTS) is 1. The molecular formula is C15H17N3O3. The van der Waals surface area contributed by atoms with E-state index in [1.807, 2.05) is 31.2 Å². The number of aliphatic carboxylic acids is 1. The molecule has 21 heavy (non-hydrogen) atoms. The highest BCUT2D eigenvalue weighted by molar-refractivity contribution is 5.91. The van der Waals surface area contributed by atoms with E-state index in [0.717, 1.165) is 16.6 Å². The number of likely N-dealkylation sites (N-methyl/N-ethyl adjacent to an activating group) is 1. The summed E-state index contributed by atoms with van der Waals surface area (Å²) in [6, 6.07) is 7.56. The van der Waals surface area contributed by atoms with Gasteiger partial charge in [-0.25, -0.2) is 0 Å². The molecule has 0 amide bonds. The monoisotopic (exact) mass is 287 g/mol. The Morgan fingerprint density at radius 3 is 3.00 bits per heavy atom. The summed E-state index contributed by atoms with van der Waals surface area (Å²) in [5.74, 6) is -1.33. The maximum Gasteiger partial charge on any atom is 0.311 e. The summed E-state index contributed by atoms with van der Waals surface area (Å²) >= 11 is 0. The third kappa shape index (κ3) is 2.42. The average Bonchev–Trinajstić information content (AvgIpc) is 2.98. The minimum absolute atomic E-state index is 0.180. The maximum atomic E-state index is 11.4. The van der Waals surface area contributed by atoms with E-state index in [4.69, 9.17) is 4.74 Å². The van der Waals surface area contributed by atoms with Crippen molar-refractivity contribution in [2.24, 2.45) is 5.92 Å². The molecule has 2 aromatic rings. The molecule has 1 N–H and O–H groups in total. The third-order valence-electron chi connectivity index (χ3n) is 3.94. The fourth-order valence-electron chi connectivity index (χ4n) is 2.89. The number of aromatic nitrogens is 2. The molecule has 0 bridgehead atoms. The molecule has 0 radical (unpaired) electrons. The van der Waals surface area contributed by atoms with Crippen LogP contribution >= 0.6 is 0 Å². The number of benzene rings is 1. The molecular weight excluding hydrogens is 270 g/mol. The summed E-state index contributed by atoms with van der Waals surface area (Å²) in [7, 11) is 0. The molecule has 0 spiro atoms. The van der Waals surface area contributed by atoms with Gasteiger partial charge in [0.2, 0.25) is 0 Å². The molecule has 1 aliphatic rings.